The van der Waals surface area contributed by atoms with Gasteiger partial charge in [0.25, 0.3) is 5.56 Å². The van der Waals surface area contributed by atoms with Gasteiger partial charge in [0.05, 0.1) is 5.69 Å². The van der Waals surface area contributed by atoms with E-state index in [-0.39, 0.29) is 10.6 Å². The summed E-state index contributed by atoms with van der Waals surface area (Å²) in [5.41, 5.74) is 0.352. The van der Waals surface area contributed by atoms with Crippen molar-refractivity contribution in [3.63, 3.8) is 0 Å². The second kappa shape index (κ2) is 4.70. The molecule has 5 heteroatoms. The highest BCUT2D eigenvalue weighted by Gasteiger charge is 2.20. The van der Waals surface area contributed by atoms with E-state index in [0.29, 0.717) is 5.69 Å². The molecule has 19 heavy (non-hydrogen) atoms. The van der Waals surface area contributed by atoms with Gasteiger partial charge in [-0.3, -0.25) is 9.78 Å². The molecule has 0 saturated carbocycles. The first-order chi connectivity index (χ1) is 8.80. The molecule has 0 radical (unpaired) electrons. The molecule has 100 valence electrons. The number of rotatable bonds is 1. The minimum Gasteiger partial charge on any atom is -0.297 e. The number of hydrogen-bond acceptors (Lipinski definition) is 2. The van der Waals surface area contributed by atoms with Crippen LogP contribution < -0.4 is 11.2 Å². The molecule has 0 aliphatic rings. The predicted molar refractivity (Wildman–Crippen MR) is 76.4 cm³/mol. The molecule has 1 aromatic heterocycles. The van der Waals surface area contributed by atoms with Gasteiger partial charge < -0.3 is 0 Å². The van der Waals surface area contributed by atoms with E-state index >= 15 is 0 Å². The monoisotopic (exact) mass is 278 g/mol. The molecule has 0 amide bonds. The summed E-state index contributed by atoms with van der Waals surface area (Å²) in [6.07, 6.45) is 0. The molecule has 2 rings (SSSR count). The molecule has 1 aromatic carbocycles. The molecule has 0 saturated heterocycles. The molecular weight excluding hydrogens is 264 g/mol. The van der Waals surface area contributed by atoms with Crippen molar-refractivity contribution in [3.05, 3.63) is 61.9 Å². The lowest BCUT2D eigenvalue weighted by atomic mass is 9.86. The summed E-state index contributed by atoms with van der Waals surface area (Å²) in [6, 6.07) is 8.55. The largest absolute Gasteiger partial charge is 0.334 e. The van der Waals surface area contributed by atoms with Crippen molar-refractivity contribution in [3.8, 4) is 5.69 Å². The quantitative estimate of drug-likeness (QED) is 0.815. The number of nitrogens with zero attached hydrogens (tertiary/aromatic N) is 1. The van der Waals surface area contributed by atoms with Crippen molar-refractivity contribution < 1.29 is 0 Å². The maximum Gasteiger partial charge on any atom is 0.334 e. The summed E-state index contributed by atoms with van der Waals surface area (Å²) in [4.78, 5) is 26.4. The van der Waals surface area contributed by atoms with E-state index < -0.39 is 11.2 Å². The van der Waals surface area contributed by atoms with Gasteiger partial charge in [0.15, 0.2) is 0 Å². The Hall–Kier alpha value is -1.81. The summed E-state index contributed by atoms with van der Waals surface area (Å²) < 4.78 is 1.10. The SMILES string of the molecule is CC(C)(C)c1ccccc1-n1c(=O)cc(Cl)[nH]c1=O. The zero-order chi connectivity index (χ0) is 14.2. The van der Waals surface area contributed by atoms with Gasteiger partial charge in [-0.2, -0.15) is 0 Å². The number of para-hydroxylation sites is 1. The third kappa shape index (κ3) is 2.63. The standard InChI is InChI=1S/C14H15ClN2O2/c1-14(2,3)9-6-4-5-7-10(9)17-12(18)8-11(15)16-13(17)19/h4-8H,1-3H3,(H,16,19). The number of benzene rings is 1. The fourth-order valence-electron chi connectivity index (χ4n) is 2.00. The summed E-state index contributed by atoms with van der Waals surface area (Å²) in [5.74, 6) is 0. The van der Waals surface area contributed by atoms with Gasteiger partial charge in [-0.25, -0.2) is 9.36 Å². The number of aromatic nitrogens is 2. The molecule has 0 aliphatic heterocycles. The van der Waals surface area contributed by atoms with Crippen LogP contribution in [0.4, 0.5) is 0 Å². The molecule has 2 aromatic rings. The van der Waals surface area contributed by atoms with E-state index in [0.717, 1.165) is 10.1 Å². The molecule has 0 fully saturated rings. The molecule has 0 bridgehead atoms. The summed E-state index contributed by atoms with van der Waals surface area (Å²) >= 11 is 5.67. The third-order valence-electron chi connectivity index (χ3n) is 2.85. The number of aromatic amines is 1. The average Bonchev–Trinajstić information content (AvgIpc) is 2.26. The summed E-state index contributed by atoms with van der Waals surface area (Å²) in [6.45, 7) is 6.09. The zero-order valence-electron chi connectivity index (χ0n) is 11.0. The summed E-state index contributed by atoms with van der Waals surface area (Å²) in [5, 5.41) is 0.0412. The Morgan fingerprint density at radius 3 is 2.37 bits per heavy atom. The Morgan fingerprint density at radius 2 is 1.79 bits per heavy atom. The van der Waals surface area contributed by atoms with Gasteiger partial charge in [0.2, 0.25) is 0 Å². The highest BCUT2D eigenvalue weighted by molar-refractivity contribution is 6.29. The molecule has 0 unspecified atom stereocenters. The third-order valence-corrected chi connectivity index (χ3v) is 3.06. The van der Waals surface area contributed by atoms with E-state index in [1.807, 2.05) is 32.9 Å². The van der Waals surface area contributed by atoms with Gasteiger partial charge in [-0.15, -0.1) is 0 Å². The molecule has 1 heterocycles. The Labute approximate surface area is 115 Å². The predicted octanol–water partition coefficient (Wildman–Crippen LogP) is 2.48. The maximum absolute atomic E-state index is 12.0. The van der Waals surface area contributed by atoms with Crippen LogP contribution in [0, 0.1) is 0 Å². The molecule has 0 aliphatic carbocycles. The fraction of sp³-hybridized carbons (Fsp3) is 0.286. The minimum absolute atomic E-state index is 0.0412. The summed E-state index contributed by atoms with van der Waals surface area (Å²) in [7, 11) is 0. The first-order valence-corrected chi connectivity index (χ1v) is 6.30. The van der Waals surface area contributed by atoms with Crippen molar-refractivity contribution in [1.29, 1.82) is 0 Å². The molecule has 0 spiro atoms. The highest BCUT2D eigenvalue weighted by Crippen LogP contribution is 2.26. The van der Waals surface area contributed by atoms with Crippen LogP contribution in [0.3, 0.4) is 0 Å². The van der Waals surface area contributed by atoms with Crippen molar-refractivity contribution in [2.75, 3.05) is 0 Å². The Balaban J connectivity index is 2.82. The van der Waals surface area contributed by atoms with Crippen LogP contribution in [0.15, 0.2) is 39.9 Å². The second-order valence-electron chi connectivity index (χ2n) is 5.36. The van der Waals surface area contributed by atoms with Gasteiger partial charge in [0, 0.05) is 6.07 Å². The first kappa shape index (κ1) is 13.6. The molecule has 1 N–H and O–H groups in total. The van der Waals surface area contributed by atoms with Crippen LogP contribution in [0.2, 0.25) is 5.15 Å². The fourth-order valence-corrected chi connectivity index (χ4v) is 2.17. The van der Waals surface area contributed by atoms with Crippen molar-refractivity contribution in [1.82, 2.24) is 9.55 Å². The van der Waals surface area contributed by atoms with Crippen LogP contribution in [-0.4, -0.2) is 9.55 Å². The van der Waals surface area contributed by atoms with Crippen LogP contribution >= 0.6 is 11.6 Å². The Kier molecular flexibility index (Phi) is 3.37. The van der Waals surface area contributed by atoms with Crippen molar-refractivity contribution in [2.24, 2.45) is 0 Å². The van der Waals surface area contributed by atoms with E-state index in [4.69, 9.17) is 11.6 Å². The van der Waals surface area contributed by atoms with Crippen molar-refractivity contribution >= 4 is 11.6 Å². The number of hydrogen-bond donors (Lipinski definition) is 1. The van der Waals surface area contributed by atoms with E-state index in [1.54, 1.807) is 12.1 Å². The number of nitrogens with one attached hydrogen (secondary N) is 1. The smallest absolute Gasteiger partial charge is 0.297 e. The van der Waals surface area contributed by atoms with Gasteiger partial charge >= 0.3 is 5.69 Å². The molecule has 4 nitrogen and oxygen atoms in total. The van der Waals surface area contributed by atoms with Crippen LogP contribution in [-0.2, 0) is 5.41 Å². The van der Waals surface area contributed by atoms with Crippen molar-refractivity contribution in [2.45, 2.75) is 26.2 Å². The minimum atomic E-state index is -0.533. The zero-order valence-corrected chi connectivity index (χ0v) is 11.8. The number of H-pyrrole nitrogens is 1. The second-order valence-corrected chi connectivity index (χ2v) is 5.77. The average molecular weight is 279 g/mol. The van der Waals surface area contributed by atoms with E-state index in [1.165, 1.54) is 6.07 Å². The highest BCUT2D eigenvalue weighted by atomic mass is 35.5. The Bertz CT molecular complexity index is 692. The first-order valence-electron chi connectivity index (χ1n) is 5.92. The Morgan fingerprint density at radius 1 is 1.16 bits per heavy atom. The van der Waals surface area contributed by atoms with E-state index in [2.05, 4.69) is 4.98 Å². The van der Waals surface area contributed by atoms with Crippen LogP contribution in [0.25, 0.3) is 5.69 Å². The molecular formula is C14H15ClN2O2. The number of halogens is 1. The lowest BCUT2D eigenvalue weighted by Gasteiger charge is -2.22. The lowest BCUT2D eigenvalue weighted by molar-refractivity contribution is 0.584. The normalized spacial score (nSPS) is 11.6. The van der Waals surface area contributed by atoms with Crippen LogP contribution in [0.5, 0.6) is 0 Å². The van der Waals surface area contributed by atoms with Crippen LogP contribution in [0.1, 0.15) is 26.3 Å². The van der Waals surface area contributed by atoms with Gasteiger partial charge in [0.1, 0.15) is 5.15 Å². The molecule has 0 atom stereocenters. The van der Waals surface area contributed by atoms with Gasteiger partial charge in [-0.05, 0) is 17.0 Å². The maximum atomic E-state index is 12.0. The van der Waals surface area contributed by atoms with Gasteiger partial charge in [-0.1, -0.05) is 50.6 Å². The topological polar surface area (TPSA) is 54.9 Å². The van der Waals surface area contributed by atoms with E-state index in [9.17, 15) is 9.59 Å². The lowest BCUT2D eigenvalue weighted by Crippen LogP contribution is -2.34.